The predicted molar refractivity (Wildman–Crippen MR) is 101 cm³/mol. The van der Waals surface area contributed by atoms with Crippen LogP contribution in [-0.2, 0) is 9.53 Å². The summed E-state index contributed by atoms with van der Waals surface area (Å²) in [6.45, 7) is 2.23. The van der Waals surface area contributed by atoms with E-state index < -0.39 is 5.97 Å². The van der Waals surface area contributed by atoms with Crippen LogP contribution in [0.5, 0.6) is 0 Å². The third-order valence-corrected chi connectivity index (χ3v) is 5.97. The molecule has 1 heterocycles. The number of hydrogen-bond acceptors (Lipinski definition) is 4. The topological polar surface area (TPSA) is 55.4 Å². The highest BCUT2D eigenvalue weighted by Gasteiger charge is 2.26. The van der Waals surface area contributed by atoms with Crippen molar-refractivity contribution in [2.75, 3.05) is 12.4 Å². The van der Waals surface area contributed by atoms with Gasteiger partial charge in [-0.2, -0.15) is 0 Å². The summed E-state index contributed by atoms with van der Waals surface area (Å²) in [6.07, 6.45) is 3.99. The van der Waals surface area contributed by atoms with E-state index in [0.29, 0.717) is 16.5 Å². The average molecular weight is 357 g/mol. The number of rotatable bonds is 4. The Kier molecular flexibility index (Phi) is 5.53. The molecule has 1 aliphatic rings. The van der Waals surface area contributed by atoms with E-state index in [2.05, 4.69) is 12.2 Å². The molecule has 0 atom stereocenters. The Balaban J connectivity index is 1.83. The van der Waals surface area contributed by atoms with Gasteiger partial charge in [0.1, 0.15) is 4.88 Å². The number of nitrogens with one attached hydrogen (secondary N) is 1. The fraction of sp³-hybridized carbons (Fsp3) is 0.400. The minimum absolute atomic E-state index is 0.00876. The maximum atomic E-state index is 12.6. The van der Waals surface area contributed by atoms with Crippen molar-refractivity contribution in [2.24, 2.45) is 11.8 Å². The summed E-state index contributed by atoms with van der Waals surface area (Å²) in [7, 11) is 1.36. The highest BCUT2D eigenvalue weighted by atomic mass is 32.1. The molecule has 1 amide bonds. The van der Waals surface area contributed by atoms with Crippen LogP contribution in [0.4, 0.5) is 5.69 Å². The number of methoxy groups -OCH3 is 1. The largest absolute Gasteiger partial charge is 0.465 e. The number of carbonyl (C=O) groups excluding carboxylic acids is 2. The molecule has 3 rings (SSSR count). The van der Waals surface area contributed by atoms with Crippen LogP contribution < -0.4 is 5.32 Å². The Hall–Kier alpha value is -2.14. The minimum Gasteiger partial charge on any atom is -0.465 e. The first-order valence-electron chi connectivity index (χ1n) is 8.67. The first kappa shape index (κ1) is 17.7. The smallest absolute Gasteiger partial charge is 0.350 e. The van der Waals surface area contributed by atoms with Crippen LogP contribution in [0.25, 0.3) is 10.4 Å². The van der Waals surface area contributed by atoms with E-state index in [9.17, 15) is 9.59 Å². The first-order valence-corrected chi connectivity index (χ1v) is 9.48. The molecule has 1 aliphatic carbocycles. The van der Waals surface area contributed by atoms with Crippen LogP contribution >= 0.6 is 11.3 Å². The van der Waals surface area contributed by atoms with Crippen molar-refractivity contribution in [2.45, 2.75) is 32.6 Å². The Morgan fingerprint density at radius 3 is 2.44 bits per heavy atom. The van der Waals surface area contributed by atoms with Gasteiger partial charge in [-0.25, -0.2) is 4.79 Å². The third kappa shape index (κ3) is 4.10. The number of thiophene rings is 1. The molecular weight excluding hydrogens is 334 g/mol. The highest BCUT2D eigenvalue weighted by Crippen LogP contribution is 2.36. The average Bonchev–Trinajstić information content (AvgIpc) is 3.06. The number of ether oxygens (including phenoxy) is 1. The molecule has 132 valence electrons. The van der Waals surface area contributed by atoms with Gasteiger partial charge in [0.25, 0.3) is 0 Å². The lowest BCUT2D eigenvalue weighted by molar-refractivity contribution is -0.121. The lowest BCUT2D eigenvalue weighted by Crippen LogP contribution is -2.27. The summed E-state index contributed by atoms with van der Waals surface area (Å²) >= 11 is 1.35. The first-order chi connectivity index (χ1) is 12.1. The van der Waals surface area contributed by atoms with Crippen LogP contribution in [-0.4, -0.2) is 19.0 Å². The second kappa shape index (κ2) is 7.83. The van der Waals surface area contributed by atoms with Gasteiger partial charge in [-0.15, -0.1) is 11.3 Å². The van der Waals surface area contributed by atoms with E-state index in [-0.39, 0.29) is 11.8 Å². The van der Waals surface area contributed by atoms with Crippen molar-refractivity contribution in [1.29, 1.82) is 0 Å². The van der Waals surface area contributed by atoms with Gasteiger partial charge in [-0.1, -0.05) is 37.3 Å². The Morgan fingerprint density at radius 1 is 1.12 bits per heavy atom. The van der Waals surface area contributed by atoms with Crippen molar-refractivity contribution < 1.29 is 14.3 Å². The van der Waals surface area contributed by atoms with Gasteiger partial charge < -0.3 is 10.1 Å². The Bertz CT molecular complexity index is 746. The van der Waals surface area contributed by atoms with Crippen molar-refractivity contribution in [3.8, 4) is 10.4 Å². The lowest BCUT2D eigenvalue weighted by Gasteiger charge is -2.25. The monoisotopic (exact) mass is 357 g/mol. The molecule has 1 N–H and O–H groups in total. The standard InChI is InChI=1S/C20H23NO3S/c1-13-8-10-15(11-9-13)19(22)21-16-12-17(14-6-4-3-5-7-14)25-18(16)20(23)24-2/h3-7,12-13,15H,8-11H2,1-2H3,(H,21,22). The summed E-state index contributed by atoms with van der Waals surface area (Å²) in [6, 6.07) is 11.7. The fourth-order valence-corrected chi connectivity index (χ4v) is 4.27. The van der Waals surface area contributed by atoms with Crippen molar-refractivity contribution in [1.82, 2.24) is 0 Å². The molecule has 1 fully saturated rings. The van der Waals surface area contributed by atoms with Gasteiger partial charge >= 0.3 is 5.97 Å². The zero-order valence-electron chi connectivity index (χ0n) is 14.6. The van der Waals surface area contributed by atoms with Crippen LogP contribution in [0.2, 0.25) is 0 Å². The zero-order chi connectivity index (χ0) is 17.8. The molecule has 1 aromatic carbocycles. The van der Waals surface area contributed by atoms with E-state index in [1.54, 1.807) is 0 Å². The Morgan fingerprint density at radius 2 is 1.80 bits per heavy atom. The van der Waals surface area contributed by atoms with Gasteiger partial charge in [0.2, 0.25) is 5.91 Å². The molecule has 0 aliphatic heterocycles. The summed E-state index contributed by atoms with van der Waals surface area (Å²) in [4.78, 5) is 26.1. The van der Waals surface area contributed by atoms with Crippen molar-refractivity contribution in [3.05, 3.63) is 41.3 Å². The van der Waals surface area contributed by atoms with Crippen LogP contribution in [0, 0.1) is 11.8 Å². The molecule has 4 nitrogen and oxygen atoms in total. The molecule has 2 aromatic rings. The number of benzene rings is 1. The summed E-state index contributed by atoms with van der Waals surface area (Å²) in [5.41, 5.74) is 1.57. The van der Waals surface area contributed by atoms with E-state index in [4.69, 9.17) is 4.74 Å². The molecule has 0 bridgehead atoms. The number of hydrogen-bond donors (Lipinski definition) is 1. The second-order valence-electron chi connectivity index (χ2n) is 6.66. The maximum Gasteiger partial charge on any atom is 0.350 e. The molecule has 0 unspecified atom stereocenters. The maximum absolute atomic E-state index is 12.6. The quantitative estimate of drug-likeness (QED) is 0.786. The normalized spacial score (nSPS) is 20.1. The molecule has 5 heteroatoms. The highest BCUT2D eigenvalue weighted by molar-refractivity contribution is 7.18. The van der Waals surface area contributed by atoms with Gasteiger partial charge in [0, 0.05) is 10.8 Å². The number of carbonyl (C=O) groups is 2. The summed E-state index contributed by atoms with van der Waals surface area (Å²) in [5.74, 6) is 0.316. The SMILES string of the molecule is COC(=O)c1sc(-c2ccccc2)cc1NC(=O)C1CCC(C)CC1. The van der Waals surface area contributed by atoms with E-state index in [1.807, 2.05) is 36.4 Å². The second-order valence-corrected chi connectivity index (χ2v) is 7.71. The van der Waals surface area contributed by atoms with Crippen molar-refractivity contribution in [3.63, 3.8) is 0 Å². The molecule has 0 spiro atoms. The van der Waals surface area contributed by atoms with Crippen LogP contribution in [0.3, 0.4) is 0 Å². The minimum atomic E-state index is -0.417. The summed E-state index contributed by atoms with van der Waals surface area (Å²) < 4.78 is 4.89. The van der Waals surface area contributed by atoms with Gasteiger partial charge in [0.15, 0.2) is 0 Å². The van der Waals surface area contributed by atoms with Gasteiger partial charge in [0.05, 0.1) is 12.8 Å². The molecule has 0 radical (unpaired) electrons. The molecular formula is C20H23NO3S. The molecule has 0 saturated heterocycles. The number of amides is 1. The fourth-order valence-electron chi connectivity index (χ4n) is 3.23. The van der Waals surface area contributed by atoms with Gasteiger partial charge in [-0.05, 0) is 43.2 Å². The number of anilines is 1. The molecule has 1 saturated carbocycles. The predicted octanol–water partition coefficient (Wildman–Crippen LogP) is 4.97. The van der Waals surface area contributed by atoms with Crippen LogP contribution in [0.15, 0.2) is 36.4 Å². The van der Waals surface area contributed by atoms with Crippen molar-refractivity contribution >= 4 is 28.9 Å². The molecule has 25 heavy (non-hydrogen) atoms. The van der Waals surface area contributed by atoms with E-state index in [1.165, 1.54) is 18.4 Å². The van der Waals surface area contributed by atoms with E-state index in [0.717, 1.165) is 36.1 Å². The summed E-state index contributed by atoms with van der Waals surface area (Å²) in [5, 5.41) is 2.97. The number of esters is 1. The Labute approximate surface area is 152 Å². The lowest BCUT2D eigenvalue weighted by atomic mass is 9.82. The zero-order valence-corrected chi connectivity index (χ0v) is 15.4. The van der Waals surface area contributed by atoms with Gasteiger partial charge in [-0.3, -0.25) is 4.79 Å². The molecule has 1 aromatic heterocycles. The van der Waals surface area contributed by atoms with Crippen LogP contribution in [0.1, 0.15) is 42.3 Å². The third-order valence-electron chi connectivity index (χ3n) is 4.81. The van der Waals surface area contributed by atoms with E-state index >= 15 is 0 Å².